The van der Waals surface area contributed by atoms with Gasteiger partial charge in [-0.25, -0.2) is 0 Å². The Labute approximate surface area is 142 Å². The third-order valence-electron chi connectivity index (χ3n) is 3.96. The highest BCUT2D eigenvalue weighted by molar-refractivity contribution is 6.19. The maximum atomic E-state index is 12.6. The van der Waals surface area contributed by atoms with Crippen molar-refractivity contribution in [3.63, 3.8) is 0 Å². The highest BCUT2D eigenvalue weighted by Gasteiger charge is 2.25. The number of amides is 1. The Balaban J connectivity index is 2.00. The summed E-state index contributed by atoms with van der Waals surface area (Å²) in [5.41, 5.74) is 3.57. The molecule has 0 spiro atoms. The fourth-order valence-electron chi connectivity index (χ4n) is 2.60. The lowest BCUT2D eigenvalue weighted by Crippen LogP contribution is -2.34. The normalized spacial score (nSPS) is 13.8. The van der Waals surface area contributed by atoms with Gasteiger partial charge in [0, 0.05) is 17.5 Å². The van der Waals surface area contributed by atoms with Crippen LogP contribution >= 0.6 is 0 Å². The van der Waals surface area contributed by atoms with Gasteiger partial charge >= 0.3 is 0 Å². The molecule has 0 radical (unpaired) electrons. The molecule has 122 valence electrons. The van der Waals surface area contributed by atoms with Gasteiger partial charge in [0.1, 0.15) is 6.54 Å². The topological polar surface area (TPSA) is 41.9 Å². The summed E-state index contributed by atoms with van der Waals surface area (Å²) in [6.07, 6.45) is 0.718. The zero-order valence-corrected chi connectivity index (χ0v) is 13.7. The molecule has 0 saturated heterocycles. The van der Waals surface area contributed by atoms with Crippen molar-refractivity contribution < 1.29 is 9.53 Å². The third-order valence-corrected chi connectivity index (χ3v) is 3.96. The zero-order valence-electron chi connectivity index (χ0n) is 13.7. The van der Waals surface area contributed by atoms with Crippen molar-refractivity contribution in [2.45, 2.75) is 13.3 Å². The Morgan fingerprint density at radius 2 is 1.88 bits per heavy atom. The van der Waals surface area contributed by atoms with E-state index < -0.39 is 0 Å². The van der Waals surface area contributed by atoms with E-state index in [9.17, 15) is 4.79 Å². The van der Waals surface area contributed by atoms with Crippen LogP contribution < -0.4 is 4.90 Å². The quantitative estimate of drug-likeness (QED) is 0.787. The van der Waals surface area contributed by atoms with E-state index in [1.807, 2.05) is 61.5 Å². The lowest BCUT2D eigenvalue weighted by molar-refractivity contribution is -0.118. The minimum Gasteiger partial charge on any atom is -0.478 e. The molecule has 2 aromatic carbocycles. The Morgan fingerprint density at radius 3 is 2.62 bits per heavy atom. The average molecular weight is 320 g/mol. The summed E-state index contributed by atoms with van der Waals surface area (Å²) in [6, 6.07) is 17.7. The van der Waals surface area contributed by atoms with Crippen molar-refractivity contribution >= 4 is 17.3 Å². The largest absolute Gasteiger partial charge is 0.478 e. The summed E-state index contributed by atoms with van der Waals surface area (Å²) >= 11 is 0. The van der Waals surface area contributed by atoms with Gasteiger partial charge in [-0.3, -0.25) is 14.7 Å². The highest BCUT2D eigenvalue weighted by atomic mass is 16.5. The number of benzene rings is 2. The second-order valence-electron chi connectivity index (χ2n) is 5.54. The number of nitrogens with zero attached hydrogens (tertiary/aromatic N) is 2. The second kappa shape index (κ2) is 7.13. The van der Waals surface area contributed by atoms with E-state index in [-0.39, 0.29) is 19.2 Å². The van der Waals surface area contributed by atoms with E-state index >= 15 is 0 Å². The van der Waals surface area contributed by atoms with Gasteiger partial charge in [-0.1, -0.05) is 62.0 Å². The van der Waals surface area contributed by atoms with Crippen molar-refractivity contribution in [3.05, 3.63) is 78.1 Å². The molecular weight excluding hydrogens is 300 g/mol. The number of benzodiazepines with no additional fused rings is 1. The number of allylic oxidation sites excluding steroid dienone is 1. The van der Waals surface area contributed by atoms with E-state index in [0.29, 0.717) is 5.76 Å². The third kappa shape index (κ3) is 3.23. The first-order valence-electron chi connectivity index (χ1n) is 8.01. The van der Waals surface area contributed by atoms with E-state index in [4.69, 9.17) is 4.74 Å². The van der Waals surface area contributed by atoms with Gasteiger partial charge in [0.25, 0.3) is 5.91 Å². The van der Waals surface area contributed by atoms with E-state index in [1.165, 1.54) is 0 Å². The van der Waals surface area contributed by atoms with Gasteiger partial charge in [0.15, 0.2) is 6.73 Å². The molecule has 0 aliphatic carbocycles. The van der Waals surface area contributed by atoms with Crippen LogP contribution in [0.3, 0.4) is 0 Å². The van der Waals surface area contributed by atoms with Gasteiger partial charge in [0.2, 0.25) is 0 Å². The minimum atomic E-state index is -0.0858. The van der Waals surface area contributed by atoms with Gasteiger partial charge < -0.3 is 4.74 Å². The molecule has 0 bridgehead atoms. The number of anilines is 1. The van der Waals surface area contributed by atoms with Gasteiger partial charge in [-0.15, -0.1) is 0 Å². The van der Waals surface area contributed by atoms with Crippen LogP contribution in [0.25, 0.3) is 0 Å². The predicted molar refractivity (Wildman–Crippen MR) is 96.3 cm³/mol. The molecule has 0 N–H and O–H groups in total. The summed E-state index contributed by atoms with van der Waals surface area (Å²) in [5.74, 6) is 0.575. The molecule has 2 aromatic rings. The monoisotopic (exact) mass is 320 g/mol. The number of hydrogen-bond donors (Lipinski definition) is 0. The van der Waals surface area contributed by atoms with E-state index in [1.54, 1.807) is 4.90 Å². The first kappa shape index (κ1) is 16.0. The van der Waals surface area contributed by atoms with Crippen LogP contribution in [0.1, 0.15) is 24.5 Å². The number of para-hydroxylation sites is 1. The fourth-order valence-corrected chi connectivity index (χ4v) is 2.60. The molecule has 0 saturated carbocycles. The van der Waals surface area contributed by atoms with Gasteiger partial charge in [0.05, 0.1) is 17.2 Å². The smallest absolute Gasteiger partial charge is 0.251 e. The maximum Gasteiger partial charge on any atom is 0.251 e. The Hall–Kier alpha value is -2.88. The van der Waals surface area contributed by atoms with Crippen LogP contribution in [0, 0.1) is 0 Å². The van der Waals surface area contributed by atoms with Crippen LogP contribution in [0.5, 0.6) is 0 Å². The number of hydrogen-bond acceptors (Lipinski definition) is 3. The summed E-state index contributed by atoms with van der Waals surface area (Å²) in [4.78, 5) is 18.8. The standard InChI is InChI=1S/C20H20N2O2/c1-3-15(2)24-14-22-18-12-8-7-11-17(18)20(21-13-19(22)23)16-9-5-4-6-10-16/h4-12H,2-3,13-14H2,1H3. The molecular formula is C20H20N2O2. The molecule has 0 atom stereocenters. The summed E-state index contributed by atoms with van der Waals surface area (Å²) < 4.78 is 5.61. The molecule has 1 aliphatic rings. The SMILES string of the molecule is C=C(CC)OCN1C(=O)CN=C(c2ccccc2)c2ccccc21. The zero-order chi connectivity index (χ0) is 16.9. The Kier molecular flexibility index (Phi) is 4.75. The first-order valence-corrected chi connectivity index (χ1v) is 8.01. The van der Waals surface area contributed by atoms with E-state index in [2.05, 4.69) is 11.6 Å². The molecule has 1 heterocycles. The molecule has 1 amide bonds. The van der Waals surface area contributed by atoms with Gasteiger partial charge in [-0.2, -0.15) is 0 Å². The minimum absolute atomic E-state index is 0.0858. The number of ether oxygens (including phenoxy) is 1. The van der Waals surface area contributed by atoms with Crippen molar-refractivity contribution in [1.29, 1.82) is 0 Å². The number of carbonyl (C=O) groups excluding carboxylic acids is 1. The van der Waals surface area contributed by atoms with E-state index in [0.717, 1.165) is 28.9 Å². The summed E-state index contributed by atoms with van der Waals surface area (Å²) in [6.45, 7) is 6.06. The average Bonchev–Trinajstić information content (AvgIpc) is 2.77. The van der Waals surface area contributed by atoms with Crippen LogP contribution in [0.2, 0.25) is 0 Å². The predicted octanol–water partition coefficient (Wildman–Crippen LogP) is 3.77. The van der Waals surface area contributed by atoms with Crippen LogP contribution in [-0.2, 0) is 9.53 Å². The fraction of sp³-hybridized carbons (Fsp3) is 0.200. The molecule has 4 heteroatoms. The number of carbonyl (C=O) groups is 1. The molecule has 1 aliphatic heterocycles. The lowest BCUT2D eigenvalue weighted by atomic mass is 10.0. The van der Waals surface area contributed by atoms with Crippen LogP contribution in [0.4, 0.5) is 5.69 Å². The number of rotatable bonds is 5. The number of aliphatic imine (C=N–C) groups is 1. The van der Waals surface area contributed by atoms with Crippen molar-refractivity contribution in [2.75, 3.05) is 18.2 Å². The molecule has 3 rings (SSSR count). The first-order chi connectivity index (χ1) is 11.7. The van der Waals surface area contributed by atoms with Crippen LogP contribution in [-0.4, -0.2) is 24.9 Å². The summed E-state index contributed by atoms with van der Waals surface area (Å²) in [7, 11) is 0. The Morgan fingerprint density at radius 1 is 1.17 bits per heavy atom. The molecule has 0 unspecified atom stereocenters. The summed E-state index contributed by atoms with van der Waals surface area (Å²) in [5, 5.41) is 0. The molecule has 0 fully saturated rings. The highest BCUT2D eigenvalue weighted by Crippen LogP contribution is 2.27. The molecule has 4 nitrogen and oxygen atoms in total. The lowest BCUT2D eigenvalue weighted by Gasteiger charge is -2.23. The second-order valence-corrected chi connectivity index (χ2v) is 5.54. The molecule has 0 aromatic heterocycles. The van der Waals surface area contributed by atoms with Gasteiger partial charge in [-0.05, 0) is 6.07 Å². The maximum absolute atomic E-state index is 12.6. The van der Waals surface area contributed by atoms with Crippen molar-refractivity contribution in [1.82, 2.24) is 0 Å². The number of fused-ring (bicyclic) bond motifs is 1. The van der Waals surface area contributed by atoms with Crippen molar-refractivity contribution in [2.24, 2.45) is 4.99 Å². The van der Waals surface area contributed by atoms with Crippen molar-refractivity contribution in [3.8, 4) is 0 Å². The van der Waals surface area contributed by atoms with Crippen LogP contribution in [0.15, 0.2) is 71.9 Å². The Bertz CT molecular complexity index is 781. The molecule has 24 heavy (non-hydrogen) atoms.